The summed E-state index contributed by atoms with van der Waals surface area (Å²) >= 11 is 15.8. The van der Waals surface area contributed by atoms with Gasteiger partial charge in [-0.15, -0.1) is 0 Å². The number of nitrogens with one attached hydrogen (secondary N) is 1. The van der Waals surface area contributed by atoms with Gasteiger partial charge in [-0.1, -0.05) is 57.3 Å². The minimum absolute atomic E-state index is 0.141. The Labute approximate surface area is 209 Å². The van der Waals surface area contributed by atoms with E-state index in [2.05, 4.69) is 26.3 Å². The Morgan fingerprint density at radius 2 is 1.91 bits per heavy atom. The molecule has 0 aliphatic carbocycles. The molecule has 170 valence electrons. The number of hydrogen-bond donors (Lipinski definition) is 1. The molecule has 2 heterocycles. The summed E-state index contributed by atoms with van der Waals surface area (Å²) in [5, 5.41) is 8.61. The lowest BCUT2D eigenvalue weighted by Crippen LogP contribution is -2.12. The molecular formula is C24H20BrCl2N3O3. The first-order valence-electron chi connectivity index (χ1n) is 10.1. The van der Waals surface area contributed by atoms with Crippen LogP contribution in [0.4, 0.5) is 5.69 Å². The van der Waals surface area contributed by atoms with Crippen molar-refractivity contribution in [1.29, 1.82) is 0 Å². The minimum atomic E-state index is -0.369. The number of carbonyl (C=O) groups is 1. The number of nitrogens with zero attached hydrogens (tertiary/aromatic N) is 2. The van der Waals surface area contributed by atoms with Crippen LogP contribution in [0.25, 0.3) is 0 Å². The molecule has 0 aliphatic rings. The van der Waals surface area contributed by atoms with Gasteiger partial charge in [-0.2, -0.15) is 5.10 Å². The van der Waals surface area contributed by atoms with Gasteiger partial charge in [0, 0.05) is 9.50 Å². The van der Waals surface area contributed by atoms with Crippen molar-refractivity contribution in [1.82, 2.24) is 9.78 Å². The molecule has 9 heteroatoms. The summed E-state index contributed by atoms with van der Waals surface area (Å²) in [4.78, 5) is 12.8. The fourth-order valence-corrected chi connectivity index (χ4v) is 4.24. The SMILES string of the molecule is Cc1nn(Cc2ccccc2Cl)c(C)c1NC(=O)c1ccc(COc2ccc(Br)cc2Cl)o1. The second-order valence-electron chi connectivity index (χ2n) is 7.38. The third-order valence-electron chi connectivity index (χ3n) is 5.05. The lowest BCUT2D eigenvalue weighted by atomic mass is 10.2. The molecule has 0 radical (unpaired) electrons. The number of rotatable bonds is 7. The molecule has 2 aromatic heterocycles. The van der Waals surface area contributed by atoms with Crippen molar-refractivity contribution in [2.24, 2.45) is 0 Å². The Bertz CT molecular complexity index is 1320. The van der Waals surface area contributed by atoms with Gasteiger partial charge in [-0.3, -0.25) is 9.48 Å². The van der Waals surface area contributed by atoms with Crippen LogP contribution in [0.1, 0.15) is 33.3 Å². The molecule has 0 saturated heterocycles. The van der Waals surface area contributed by atoms with Gasteiger partial charge in [0.2, 0.25) is 0 Å². The number of aromatic nitrogens is 2. The molecule has 0 atom stereocenters. The molecule has 33 heavy (non-hydrogen) atoms. The third-order valence-corrected chi connectivity index (χ3v) is 6.20. The van der Waals surface area contributed by atoms with E-state index >= 15 is 0 Å². The van der Waals surface area contributed by atoms with E-state index in [0.29, 0.717) is 39.5 Å². The molecule has 4 aromatic rings. The van der Waals surface area contributed by atoms with Crippen molar-refractivity contribution in [3.8, 4) is 5.75 Å². The van der Waals surface area contributed by atoms with E-state index in [1.165, 1.54) is 0 Å². The number of ether oxygens (including phenoxy) is 1. The van der Waals surface area contributed by atoms with Crippen LogP contribution >= 0.6 is 39.1 Å². The first-order valence-corrected chi connectivity index (χ1v) is 11.6. The van der Waals surface area contributed by atoms with Crippen molar-refractivity contribution in [2.75, 3.05) is 5.32 Å². The lowest BCUT2D eigenvalue weighted by molar-refractivity contribution is 0.0992. The zero-order valence-corrected chi connectivity index (χ0v) is 21.0. The van der Waals surface area contributed by atoms with Crippen LogP contribution in [0.3, 0.4) is 0 Å². The molecule has 0 unspecified atom stereocenters. The van der Waals surface area contributed by atoms with Crippen molar-refractivity contribution in [3.05, 3.63) is 97.6 Å². The average Bonchev–Trinajstić information content (AvgIpc) is 3.35. The van der Waals surface area contributed by atoms with Gasteiger partial charge in [0.15, 0.2) is 5.76 Å². The van der Waals surface area contributed by atoms with E-state index in [0.717, 1.165) is 15.7 Å². The molecule has 0 bridgehead atoms. The number of halogens is 3. The van der Waals surface area contributed by atoms with Gasteiger partial charge in [0.25, 0.3) is 5.91 Å². The second kappa shape index (κ2) is 10.0. The number of aryl methyl sites for hydroxylation is 1. The Kier molecular flexibility index (Phi) is 7.12. The highest BCUT2D eigenvalue weighted by Crippen LogP contribution is 2.29. The quantitative estimate of drug-likeness (QED) is 0.269. The van der Waals surface area contributed by atoms with E-state index in [-0.39, 0.29) is 18.3 Å². The largest absolute Gasteiger partial charge is 0.484 e. The summed E-state index contributed by atoms with van der Waals surface area (Å²) in [6, 6.07) is 16.2. The fraction of sp³-hybridized carbons (Fsp3) is 0.167. The number of hydrogen-bond acceptors (Lipinski definition) is 4. The van der Waals surface area contributed by atoms with Gasteiger partial charge >= 0.3 is 0 Å². The van der Waals surface area contributed by atoms with Crippen LogP contribution in [0.5, 0.6) is 5.75 Å². The molecule has 1 N–H and O–H groups in total. The van der Waals surface area contributed by atoms with E-state index < -0.39 is 0 Å². The first kappa shape index (κ1) is 23.4. The summed E-state index contributed by atoms with van der Waals surface area (Å²) in [5.74, 6) is 0.834. The van der Waals surface area contributed by atoms with Crippen LogP contribution in [0.15, 0.2) is 63.5 Å². The maximum absolute atomic E-state index is 12.8. The van der Waals surface area contributed by atoms with Crippen LogP contribution in [-0.4, -0.2) is 15.7 Å². The van der Waals surface area contributed by atoms with Gasteiger partial charge < -0.3 is 14.5 Å². The van der Waals surface area contributed by atoms with Crippen LogP contribution in [-0.2, 0) is 13.2 Å². The topological polar surface area (TPSA) is 69.3 Å². The zero-order chi connectivity index (χ0) is 23.5. The Hall–Kier alpha value is -2.74. The van der Waals surface area contributed by atoms with E-state index in [4.69, 9.17) is 32.4 Å². The minimum Gasteiger partial charge on any atom is -0.484 e. The maximum Gasteiger partial charge on any atom is 0.291 e. The molecule has 6 nitrogen and oxygen atoms in total. The normalized spacial score (nSPS) is 10.9. The van der Waals surface area contributed by atoms with E-state index in [1.807, 2.05) is 48.9 Å². The van der Waals surface area contributed by atoms with Gasteiger partial charge in [-0.05, 0) is 55.8 Å². The van der Waals surface area contributed by atoms with Gasteiger partial charge in [-0.25, -0.2) is 0 Å². The molecule has 1 amide bonds. The predicted molar refractivity (Wildman–Crippen MR) is 132 cm³/mol. The number of amides is 1. The average molecular weight is 549 g/mol. The molecule has 0 spiro atoms. The first-order chi connectivity index (χ1) is 15.8. The highest BCUT2D eigenvalue weighted by molar-refractivity contribution is 9.10. The van der Waals surface area contributed by atoms with Crippen LogP contribution < -0.4 is 10.1 Å². The summed E-state index contributed by atoms with van der Waals surface area (Å²) < 4.78 is 14.0. The number of furan rings is 1. The number of benzene rings is 2. The molecular weight excluding hydrogens is 529 g/mol. The van der Waals surface area contributed by atoms with Crippen molar-refractivity contribution in [3.63, 3.8) is 0 Å². The van der Waals surface area contributed by atoms with Crippen molar-refractivity contribution >= 4 is 50.7 Å². The summed E-state index contributed by atoms with van der Waals surface area (Å²) in [5.41, 5.74) is 3.11. The summed E-state index contributed by atoms with van der Waals surface area (Å²) in [6.07, 6.45) is 0. The Balaban J connectivity index is 1.43. The monoisotopic (exact) mass is 547 g/mol. The Morgan fingerprint density at radius 3 is 2.67 bits per heavy atom. The van der Waals surface area contributed by atoms with Crippen LogP contribution in [0.2, 0.25) is 10.0 Å². The lowest BCUT2D eigenvalue weighted by Gasteiger charge is -2.08. The molecule has 2 aromatic carbocycles. The third kappa shape index (κ3) is 5.43. The molecule has 0 aliphatic heterocycles. The zero-order valence-electron chi connectivity index (χ0n) is 17.9. The fourth-order valence-electron chi connectivity index (χ4n) is 3.31. The van der Waals surface area contributed by atoms with Gasteiger partial charge in [0.1, 0.15) is 18.1 Å². The second-order valence-corrected chi connectivity index (χ2v) is 9.11. The highest BCUT2D eigenvalue weighted by Gasteiger charge is 2.18. The number of anilines is 1. The van der Waals surface area contributed by atoms with E-state index in [1.54, 1.807) is 24.3 Å². The van der Waals surface area contributed by atoms with Gasteiger partial charge in [0.05, 0.1) is 28.6 Å². The standard InChI is InChI=1S/C24H20BrCl2N3O3/c1-14-23(15(2)30(29-14)12-16-5-3-4-6-19(16)26)28-24(31)22-10-8-18(33-22)13-32-21-9-7-17(25)11-20(21)27/h3-11H,12-13H2,1-2H3,(H,28,31). The smallest absolute Gasteiger partial charge is 0.291 e. The predicted octanol–water partition coefficient (Wildman–Crippen LogP) is 7.04. The Morgan fingerprint density at radius 1 is 1.12 bits per heavy atom. The number of carbonyl (C=O) groups excluding carboxylic acids is 1. The van der Waals surface area contributed by atoms with Crippen molar-refractivity contribution in [2.45, 2.75) is 27.0 Å². The van der Waals surface area contributed by atoms with Crippen molar-refractivity contribution < 1.29 is 13.9 Å². The maximum atomic E-state index is 12.8. The molecule has 4 rings (SSSR count). The van der Waals surface area contributed by atoms with E-state index in [9.17, 15) is 4.79 Å². The summed E-state index contributed by atoms with van der Waals surface area (Å²) in [7, 11) is 0. The highest BCUT2D eigenvalue weighted by atomic mass is 79.9. The molecule has 0 fully saturated rings. The van der Waals surface area contributed by atoms with Crippen LogP contribution in [0, 0.1) is 13.8 Å². The molecule has 0 saturated carbocycles. The summed E-state index contributed by atoms with van der Waals surface area (Å²) in [6.45, 7) is 4.39.